The number of hydrogen-bond donors (Lipinski definition) is 1. The monoisotopic (exact) mass is 317 g/mol. The van der Waals surface area contributed by atoms with Gasteiger partial charge in [0.2, 0.25) is 11.7 Å². The van der Waals surface area contributed by atoms with Crippen LogP contribution in [-0.4, -0.2) is 26.1 Å². The summed E-state index contributed by atoms with van der Waals surface area (Å²) in [5.41, 5.74) is 1.70. The van der Waals surface area contributed by atoms with Crippen molar-refractivity contribution >= 4 is 17.2 Å². The smallest absolute Gasteiger partial charge is 0.243 e. The number of carbonyl (C=O) groups excluding carboxylic acids is 1. The van der Waals surface area contributed by atoms with Crippen molar-refractivity contribution in [2.75, 3.05) is 0 Å². The number of hydrogen-bond acceptors (Lipinski definition) is 5. The predicted octanol–water partition coefficient (Wildman–Crippen LogP) is 1.86. The minimum Gasteiger partial charge on any atom is -0.350 e. The van der Waals surface area contributed by atoms with Crippen molar-refractivity contribution in [3.8, 4) is 11.4 Å². The number of aromatic nitrogens is 4. The van der Waals surface area contributed by atoms with Crippen molar-refractivity contribution in [1.29, 1.82) is 0 Å². The highest BCUT2D eigenvalue weighted by Gasteiger charge is 2.09. The molecule has 3 rings (SSSR count). The molecule has 1 N–H and O–H groups in total. The van der Waals surface area contributed by atoms with Crippen molar-refractivity contribution in [1.82, 2.24) is 25.5 Å². The fraction of sp³-hybridized carbons (Fsp3) is 0.143. The molecule has 0 radical (unpaired) electrons. The molecule has 0 spiro atoms. The topological polar surface area (TPSA) is 72.7 Å². The van der Waals surface area contributed by atoms with E-state index in [4.69, 9.17) is 0 Å². The molecule has 0 saturated heterocycles. The third-order valence-electron chi connectivity index (χ3n) is 2.92. The highest BCUT2D eigenvalue weighted by molar-refractivity contribution is 7.08. The fourth-order valence-corrected chi connectivity index (χ4v) is 2.44. The van der Waals surface area contributed by atoms with Gasteiger partial charge in [-0.2, -0.15) is 16.1 Å². The van der Waals surface area contributed by atoms with Gasteiger partial charge in [-0.15, -0.1) is 10.2 Å². The Morgan fingerprint density at radius 2 is 2.09 bits per heavy atom. The van der Waals surface area contributed by atoms with Crippen LogP contribution in [0.3, 0.4) is 0 Å². The summed E-state index contributed by atoms with van der Waals surface area (Å²) in [5.74, 6) is -0.0472. The molecule has 0 fully saturated rings. The molecule has 0 aliphatic rings. The molecule has 1 aromatic carbocycles. The van der Waals surface area contributed by atoms with Crippen LogP contribution in [-0.2, 0) is 17.9 Å². The number of nitrogens with one attached hydrogen (secondary N) is 1. The molecule has 0 atom stereocenters. The van der Waals surface area contributed by atoms with Gasteiger partial charge in [0.1, 0.15) is 12.4 Å². The van der Waals surface area contributed by atoms with Gasteiger partial charge in [0.15, 0.2) is 0 Å². The van der Waals surface area contributed by atoms with Crippen LogP contribution < -0.4 is 5.32 Å². The molecule has 22 heavy (non-hydrogen) atoms. The van der Waals surface area contributed by atoms with Gasteiger partial charge in [-0.25, -0.2) is 4.39 Å². The van der Waals surface area contributed by atoms with Crippen LogP contribution in [0.2, 0.25) is 0 Å². The molecule has 1 amide bonds. The van der Waals surface area contributed by atoms with Crippen LogP contribution in [0.25, 0.3) is 11.4 Å². The average molecular weight is 317 g/mol. The van der Waals surface area contributed by atoms with E-state index in [-0.39, 0.29) is 18.3 Å². The van der Waals surface area contributed by atoms with Crippen LogP contribution in [0.1, 0.15) is 5.56 Å². The molecule has 2 aromatic heterocycles. The first-order valence-corrected chi connectivity index (χ1v) is 7.46. The number of thiophene rings is 1. The third kappa shape index (κ3) is 3.53. The molecule has 112 valence electrons. The zero-order valence-electron chi connectivity index (χ0n) is 11.4. The van der Waals surface area contributed by atoms with Gasteiger partial charge in [0.05, 0.1) is 0 Å². The maximum absolute atomic E-state index is 12.8. The maximum Gasteiger partial charge on any atom is 0.243 e. The second-order valence-electron chi connectivity index (χ2n) is 4.56. The second kappa shape index (κ2) is 6.44. The molecule has 0 unspecified atom stereocenters. The van der Waals surface area contributed by atoms with E-state index in [9.17, 15) is 9.18 Å². The fourth-order valence-electron chi connectivity index (χ4n) is 1.80. The number of halogens is 1. The summed E-state index contributed by atoms with van der Waals surface area (Å²) in [7, 11) is 0. The standard InChI is InChI=1S/C14H12FN5OS/c15-12-3-1-10(2-4-12)7-16-13(21)8-20-18-14(17-19-20)11-5-6-22-9-11/h1-6,9H,7-8H2,(H,16,21). The van der Waals surface area contributed by atoms with Crippen LogP contribution in [0.4, 0.5) is 4.39 Å². The molecule has 6 nitrogen and oxygen atoms in total. The Balaban J connectivity index is 1.54. The first kappa shape index (κ1) is 14.3. The van der Waals surface area contributed by atoms with Gasteiger partial charge in [0, 0.05) is 17.5 Å². The maximum atomic E-state index is 12.8. The van der Waals surface area contributed by atoms with Crippen molar-refractivity contribution in [3.63, 3.8) is 0 Å². The number of amides is 1. The van der Waals surface area contributed by atoms with E-state index in [1.165, 1.54) is 16.9 Å². The number of carbonyl (C=O) groups is 1. The van der Waals surface area contributed by atoms with E-state index < -0.39 is 0 Å². The summed E-state index contributed by atoms with van der Waals surface area (Å²) in [6.07, 6.45) is 0. The molecule has 2 heterocycles. The summed E-state index contributed by atoms with van der Waals surface area (Å²) < 4.78 is 12.8. The molecule has 0 bridgehead atoms. The highest BCUT2D eigenvalue weighted by atomic mass is 32.1. The summed E-state index contributed by atoms with van der Waals surface area (Å²) in [4.78, 5) is 13.1. The van der Waals surface area contributed by atoms with E-state index >= 15 is 0 Å². The number of tetrazole rings is 1. The summed E-state index contributed by atoms with van der Waals surface area (Å²) in [6.45, 7) is 0.309. The Hall–Kier alpha value is -2.61. The van der Waals surface area contributed by atoms with E-state index in [1.807, 2.05) is 16.8 Å². The molecular formula is C14H12FN5OS. The normalized spacial score (nSPS) is 10.6. The number of benzene rings is 1. The Morgan fingerprint density at radius 3 is 2.82 bits per heavy atom. The summed E-state index contributed by atoms with van der Waals surface area (Å²) >= 11 is 1.54. The zero-order chi connectivity index (χ0) is 15.4. The quantitative estimate of drug-likeness (QED) is 0.779. The van der Waals surface area contributed by atoms with Gasteiger partial charge < -0.3 is 5.32 Å². The predicted molar refractivity (Wildman–Crippen MR) is 79.4 cm³/mol. The second-order valence-corrected chi connectivity index (χ2v) is 5.34. The van der Waals surface area contributed by atoms with Gasteiger partial charge in [-0.3, -0.25) is 4.79 Å². The Kier molecular flexibility index (Phi) is 4.19. The van der Waals surface area contributed by atoms with Crippen molar-refractivity contribution in [3.05, 3.63) is 52.5 Å². The van der Waals surface area contributed by atoms with Crippen LogP contribution in [0.5, 0.6) is 0 Å². The van der Waals surface area contributed by atoms with Gasteiger partial charge in [-0.1, -0.05) is 12.1 Å². The van der Waals surface area contributed by atoms with Crippen molar-refractivity contribution in [2.45, 2.75) is 13.1 Å². The van der Waals surface area contributed by atoms with E-state index in [0.717, 1.165) is 11.1 Å². The van der Waals surface area contributed by atoms with Crippen LogP contribution in [0.15, 0.2) is 41.1 Å². The minimum absolute atomic E-state index is 0.0155. The number of nitrogens with zero attached hydrogens (tertiary/aromatic N) is 4. The molecule has 0 saturated carbocycles. The zero-order valence-corrected chi connectivity index (χ0v) is 12.3. The highest BCUT2D eigenvalue weighted by Crippen LogP contribution is 2.16. The third-order valence-corrected chi connectivity index (χ3v) is 3.60. The summed E-state index contributed by atoms with van der Waals surface area (Å²) in [5, 5.41) is 18.5. The van der Waals surface area contributed by atoms with Gasteiger partial charge in [-0.05, 0) is 34.4 Å². The Labute approximate surface area is 129 Å². The molecule has 8 heteroatoms. The van der Waals surface area contributed by atoms with Crippen LogP contribution >= 0.6 is 11.3 Å². The largest absolute Gasteiger partial charge is 0.350 e. The van der Waals surface area contributed by atoms with Gasteiger partial charge >= 0.3 is 0 Å². The first-order chi connectivity index (χ1) is 10.7. The average Bonchev–Trinajstić information content (AvgIpc) is 3.17. The molecule has 0 aliphatic heterocycles. The van der Waals surface area contributed by atoms with E-state index in [2.05, 4.69) is 20.7 Å². The Morgan fingerprint density at radius 1 is 1.27 bits per heavy atom. The first-order valence-electron chi connectivity index (χ1n) is 6.52. The lowest BCUT2D eigenvalue weighted by Crippen LogP contribution is -2.28. The van der Waals surface area contributed by atoms with Crippen LogP contribution in [0, 0.1) is 5.82 Å². The van der Waals surface area contributed by atoms with E-state index in [1.54, 1.807) is 23.5 Å². The molecule has 0 aliphatic carbocycles. The van der Waals surface area contributed by atoms with Gasteiger partial charge in [0.25, 0.3) is 0 Å². The van der Waals surface area contributed by atoms with E-state index in [0.29, 0.717) is 12.4 Å². The molecular weight excluding hydrogens is 305 g/mol. The lowest BCUT2D eigenvalue weighted by atomic mass is 10.2. The summed E-state index contributed by atoms with van der Waals surface area (Å²) in [6, 6.07) is 7.85. The molecule has 3 aromatic rings. The van der Waals surface area contributed by atoms with Crippen molar-refractivity contribution < 1.29 is 9.18 Å². The lowest BCUT2D eigenvalue weighted by molar-refractivity contribution is -0.122. The number of rotatable bonds is 5. The minimum atomic E-state index is -0.303. The van der Waals surface area contributed by atoms with Crippen molar-refractivity contribution in [2.24, 2.45) is 0 Å². The Bertz CT molecular complexity index is 754. The SMILES string of the molecule is O=C(Cn1nnc(-c2ccsc2)n1)NCc1ccc(F)cc1. The lowest BCUT2D eigenvalue weighted by Gasteiger charge is -2.04.